The SMILES string of the molecule is O=C(O)C1C2CCC(O2)C1C(=O)NCCc1cnc[nH]1. The van der Waals surface area contributed by atoms with Crippen molar-refractivity contribution < 1.29 is 19.4 Å². The smallest absolute Gasteiger partial charge is 0.310 e. The maximum Gasteiger partial charge on any atom is 0.310 e. The summed E-state index contributed by atoms with van der Waals surface area (Å²) >= 11 is 0. The standard InChI is InChI=1S/C13H17N3O4/c17-12(15-4-3-7-5-14-6-16-7)10-8-1-2-9(20-8)11(10)13(18)19/h5-6,8-11H,1-4H2,(H,14,16)(H,15,17)(H,18,19). The van der Waals surface area contributed by atoms with E-state index in [0.717, 1.165) is 18.5 Å². The Balaban J connectivity index is 1.57. The molecule has 108 valence electrons. The monoisotopic (exact) mass is 279 g/mol. The summed E-state index contributed by atoms with van der Waals surface area (Å²) in [5.41, 5.74) is 0.935. The number of imidazole rings is 1. The molecule has 0 radical (unpaired) electrons. The molecule has 3 heterocycles. The first-order chi connectivity index (χ1) is 9.66. The number of nitrogens with zero attached hydrogens (tertiary/aromatic N) is 1. The van der Waals surface area contributed by atoms with Crippen molar-refractivity contribution in [3.8, 4) is 0 Å². The summed E-state index contributed by atoms with van der Waals surface area (Å²) in [6.45, 7) is 0.460. The lowest BCUT2D eigenvalue weighted by Crippen LogP contribution is -2.44. The van der Waals surface area contributed by atoms with Crippen molar-refractivity contribution in [2.75, 3.05) is 6.54 Å². The summed E-state index contributed by atoms with van der Waals surface area (Å²) in [4.78, 5) is 30.3. The number of carbonyl (C=O) groups is 2. The molecule has 2 fully saturated rings. The van der Waals surface area contributed by atoms with Gasteiger partial charge in [-0.1, -0.05) is 0 Å². The molecule has 4 unspecified atom stereocenters. The lowest BCUT2D eigenvalue weighted by molar-refractivity contribution is -0.147. The van der Waals surface area contributed by atoms with E-state index in [1.54, 1.807) is 12.5 Å². The van der Waals surface area contributed by atoms with Crippen molar-refractivity contribution in [1.82, 2.24) is 15.3 Å². The van der Waals surface area contributed by atoms with Crippen molar-refractivity contribution in [3.05, 3.63) is 18.2 Å². The van der Waals surface area contributed by atoms with Crippen LogP contribution in [0, 0.1) is 11.8 Å². The van der Waals surface area contributed by atoms with Gasteiger partial charge < -0.3 is 20.1 Å². The Morgan fingerprint density at radius 3 is 2.80 bits per heavy atom. The average molecular weight is 279 g/mol. The van der Waals surface area contributed by atoms with Crippen LogP contribution in [-0.4, -0.2) is 45.7 Å². The fraction of sp³-hybridized carbons (Fsp3) is 0.615. The highest BCUT2D eigenvalue weighted by atomic mass is 16.5. The summed E-state index contributed by atoms with van der Waals surface area (Å²) in [6.07, 6.45) is 4.89. The zero-order valence-electron chi connectivity index (χ0n) is 10.9. The van der Waals surface area contributed by atoms with E-state index in [4.69, 9.17) is 4.74 Å². The average Bonchev–Trinajstić information content (AvgIpc) is 3.13. The van der Waals surface area contributed by atoms with Crippen LogP contribution in [0.25, 0.3) is 0 Å². The van der Waals surface area contributed by atoms with Crippen molar-refractivity contribution >= 4 is 11.9 Å². The molecule has 2 saturated heterocycles. The number of aromatic amines is 1. The number of H-pyrrole nitrogens is 1. The highest BCUT2D eigenvalue weighted by molar-refractivity contribution is 5.86. The van der Waals surface area contributed by atoms with Gasteiger partial charge in [0.2, 0.25) is 5.91 Å². The highest BCUT2D eigenvalue weighted by Crippen LogP contribution is 2.43. The van der Waals surface area contributed by atoms with E-state index in [1.165, 1.54) is 0 Å². The molecule has 2 bridgehead atoms. The van der Waals surface area contributed by atoms with Gasteiger partial charge in [0, 0.05) is 24.9 Å². The third-order valence-electron chi connectivity index (χ3n) is 4.11. The predicted molar refractivity (Wildman–Crippen MR) is 67.8 cm³/mol. The van der Waals surface area contributed by atoms with Gasteiger partial charge in [-0.3, -0.25) is 9.59 Å². The van der Waals surface area contributed by atoms with Crippen LogP contribution in [0.2, 0.25) is 0 Å². The molecular weight excluding hydrogens is 262 g/mol. The molecule has 0 spiro atoms. The van der Waals surface area contributed by atoms with Crippen LogP contribution in [-0.2, 0) is 20.7 Å². The molecule has 1 aromatic heterocycles. The Kier molecular flexibility index (Phi) is 3.43. The number of hydrogen-bond donors (Lipinski definition) is 3. The first kappa shape index (κ1) is 13.1. The maximum atomic E-state index is 12.2. The van der Waals surface area contributed by atoms with Gasteiger partial charge in [-0.2, -0.15) is 0 Å². The van der Waals surface area contributed by atoms with Gasteiger partial charge >= 0.3 is 5.97 Å². The number of aliphatic carboxylic acids is 1. The van der Waals surface area contributed by atoms with E-state index < -0.39 is 17.8 Å². The normalized spacial score (nSPS) is 31.4. The quantitative estimate of drug-likeness (QED) is 0.701. The number of rotatable bonds is 5. The Morgan fingerprint density at radius 2 is 2.15 bits per heavy atom. The first-order valence-electron chi connectivity index (χ1n) is 6.80. The van der Waals surface area contributed by atoms with Gasteiger partial charge in [0.05, 0.1) is 30.4 Å². The number of fused-ring (bicyclic) bond motifs is 2. The van der Waals surface area contributed by atoms with Crippen LogP contribution in [0.3, 0.4) is 0 Å². The largest absolute Gasteiger partial charge is 0.481 e. The lowest BCUT2D eigenvalue weighted by atomic mass is 9.78. The second-order valence-electron chi connectivity index (χ2n) is 5.30. The van der Waals surface area contributed by atoms with E-state index in [-0.39, 0.29) is 18.1 Å². The maximum absolute atomic E-state index is 12.2. The minimum atomic E-state index is -0.939. The molecule has 0 aromatic carbocycles. The molecule has 0 saturated carbocycles. The Hall–Kier alpha value is -1.89. The van der Waals surface area contributed by atoms with Gasteiger partial charge in [0.15, 0.2) is 0 Å². The molecule has 20 heavy (non-hydrogen) atoms. The summed E-state index contributed by atoms with van der Waals surface area (Å²) in [6, 6.07) is 0. The van der Waals surface area contributed by atoms with Crippen LogP contribution in [0.15, 0.2) is 12.5 Å². The van der Waals surface area contributed by atoms with Crippen LogP contribution in [0.1, 0.15) is 18.5 Å². The van der Waals surface area contributed by atoms with E-state index in [0.29, 0.717) is 13.0 Å². The number of nitrogens with one attached hydrogen (secondary N) is 2. The zero-order chi connectivity index (χ0) is 14.1. The van der Waals surface area contributed by atoms with E-state index >= 15 is 0 Å². The van der Waals surface area contributed by atoms with Crippen molar-refractivity contribution in [2.24, 2.45) is 11.8 Å². The van der Waals surface area contributed by atoms with Gasteiger partial charge in [0.1, 0.15) is 0 Å². The molecule has 1 aromatic rings. The number of aromatic nitrogens is 2. The van der Waals surface area contributed by atoms with Crippen molar-refractivity contribution in [2.45, 2.75) is 31.5 Å². The molecule has 2 aliphatic heterocycles. The number of hydrogen-bond acceptors (Lipinski definition) is 4. The van der Waals surface area contributed by atoms with E-state index in [1.807, 2.05) is 0 Å². The highest BCUT2D eigenvalue weighted by Gasteiger charge is 2.55. The predicted octanol–water partition coefficient (Wildman–Crippen LogP) is -0.0534. The molecule has 0 aliphatic carbocycles. The number of ether oxygens (including phenoxy) is 1. The van der Waals surface area contributed by atoms with E-state index in [2.05, 4.69) is 15.3 Å². The van der Waals surface area contributed by atoms with Crippen molar-refractivity contribution in [3.63, 3.8) is 0 Å². The summed E-state index contributed by atoms with van der Waals surface area (Å²) in [5.74, 6) is -2.43. The summed E-state index contributed by atoms with van der Waals surface area (Å²) < 4.78 is 5.57. The number of carbonyl (C=O) groups excluding carboxylic acids is 1. The minimum absolute atomic E-state index is 0.218. The minimum Gasteiger partial charge on any atom is -0.481 e. The van der Waals surface area contributed by atoms with Crippen molar-refractivity contribution in [1.29, 1.82) is 0 Å². The van der Waals surface area contributed by atoms with E-state index in [9.17, 15) is 14.7 Å². The molecule has 7 nitrogen and oxygen atoms in total. The fourth-order valence-electron chi connectivity index (χ4n) is 3.18. The van der Waals surface area contributed by atoms with Crippen LogP contribution in [0.4, 0.5) is 0 Å². The molecule has 3 N–H and O–H groups in total. The Morgan fingerprint density at radius 1 is 1.40 bits per heavy atom. The third-order valence-corrected chi connectivity index (χ3v) is 4.11. The summed E-state index contributed by atoms with van der Waals surface area (Å²) in [7, 11) is 0. The van der Waals surface area contributed by atoms with Gasteiger partial charge in [-0.05, 0) is 12.8 Å². The Labute approximate surface area is 115 Å². The molecule has 7 heteroatoms. The number of carboxylic acid groups (broad SMARTS) is 1. The molecule has 3 rings (SSSR count). The van der Waals surface area contributed by atoms with Gasteiger partial charge in [-0.15, -0.1) is 0 Å². The van der Waals surface area contributed by atoms with Crippen LogP contribution in [0.5, 0.6) is 0 Å². The first-order valence-corrected chi connectivity index (χ1v) is 6.80. The topological polar surface area (TPSA) is 104 Å². The fourth-order valence-corrected chi connectivity index (χ4v) is 3.18. The Bertz CT molecular complexity index is 502. The third kappa shape index (κ3) is 2.29. The molecule has 4 atom stereocenters. The van der Waals surface area contributed by atoms with Gasteiger partial charge in [0.25, 0.3) is 0 Å². The molecular formula is C13H17N3O4. The number of carboxylic acids is 1. The molecule has 2 aliphatic rings. The lowest BCUT2D eigenvalue weighted by Gasteiger charge is -2.23. The second kappa shape index (κ2) is 5.24. The van der Waals surface area contributed by atoms with Crippen LogP contribution < -0.4 is 5.32 Å². The van der Waals surface area contributed by atoms with Crippen LogP contribution >= 0.6 is 0 Å². The second-order valence-corrected chi connectivity index (χ2v) is 5.30. The molecule has 1 amide bonds. The van der Waals surface area contributed by atoms with Gasteiger partial charge in [-0.25, -0.2) is 4.98 Å². The summed E-state index contributed by atoms with van der Waals surface area (Å²) in [5, 5.41) is 12.1. The zero-order valence-corrected chi connectivity index (χ0v) is 10.9. The number of amides is 1.